The molecule has 0 aliphatic heterocycles. The molecular weight excluding hydrogens is 208 g/mol. The first-order chi connectivity index (χ1) is 6.40. The molecule has 6 nitrogen and oxygen atoms in total. The molecule has 14 heavy (non-hydrogen) atoms. The van der Waals surface area contributed by atoms with Gasteiger partial charge < -0.3 is 5.11 Å². The van der Waals surface area contributed by atoms with E-state index < -0.39 is 21.2 Å². The first kappa shape index (κ1) is 13.3. The number of carbonyl (C=O) groups is 1. The highest BCUT2D eigenvalue weighted by Gasteiger charge is 2.17. The molecule has 84 valence electrons. The van der Waals surface area contributed by atoms with Crippen LogP contribution in [-0.4, -0.2) is 31.3 Å². The molecule has 0 saturated heterocycles. The van der Waals surface area contributed by atoms with Crippen molar-refractivity contribution in [3.63, 3.8) is 0 Å². The largest absolute Gasteiger partial charge is 0.481 e. The third kappa shape index (κ3) is 5.15. The molecule has 0 amide bonds. The second-order valence-corrected chi connectivity index (χ2v) is 5.04. The molecule has 1 atom stereocenters. The summed E-state index contributed by atoms with van der Waals surface area (Å²) in [5.41, 5.74) is 2.35. The van der Waals surface area contributed by atoms with Crippen molar-refractivity contribution in [2.75, 3.05) is 6.54 Å². The Morgan fingerprint density at radius 1 is 1.50 bits per heavy atom. The lowest BCUT2D eigenvalue weighted by atomic mass is 10.4. The molecule has 0 aliphatic rings. The van der Waals surface area contributed by atoms with Gasteiger partial charge in [-0.2, -0.15) is 4.83 Å². The van der Waals surface area contributed by atoms with Crippen molar-refractivity contribution >= 4 is 16.0 Å². The van der Waals surface area contributed by atoms with Crippen LogP contribution >= 0.6 is 0 Å². The van der Waals surface area contributed by atoms with Crippen LogP contribution < -0.4 is 10.3 Å². The zero-order chi connectivity index (χ0) is 11.2. The van der Waals surface area contributed by atoms with Crippen molar-refractivity contribution in [1.29, 1.82) is 0 Å². The van der Waals surface area contributed by atoms with Crippen LogP contribution in [0.1, 0.15) is 26.7 Å². The van der Waals surface area contributed by atoms with Crippen molar-refractivity contribution in [2.24, 2.45) is 0 Å². The van der Waals surface area contributed by atoms with Gasteiger partial charge in [0.15, 0.2) is 0 Å². The molecule has 0 unspecified atom stereocenters. The van der Waals surface area contributed by atoms with Crippen LogP contribution in [0.2, 0.25) is 0 Å². The maximum atomic E-state index is 11.3. The van der Waals surface area contributed by atoms with Crippen LogP contribution in [-0.2, 0) is 14.8 Å². The van der Waals surface area contributed by atoms with Gasteiger partial charge in [-0.1, -0.05) is 6.92 Å². The first-order valence-corrected chi connectivity index (χ1v) is 5.90. The van der Waals surface area contributed by atoms with E-state index in [0.29, 0.717) is 6.42 Å². The highest BCUT2D eigenvalue weighted by Crippen LogP contribution is 2.00. The molecule has 0 spiro atoms. The van der Waals surface area contributed by atoms with E-state index in [1.165, 1.54) is 0 Å². The summed E-state index contributed by atoms with van der Waals surface area (Å²) < 4.78 is 22.6. The van der Waals surface area contributed by atoms with Gasteiger partial charge in [-0.25, -0.2) is 13.8 Å². The summed E-state index contributed by atoms with van der Waals surface area (Å²) in [7, 11) is -3.36. The van der Waals surface area contributed by atoms with Gasteiger partial charge in [-0.05, 0) is 13.3 Å². The number of sulfonamides is 1. The summed E-state index contributed by atoms with van der Waals surface area (Å²) in [6.45, 7) is 3.42. The standard InChI is InChI=1S/C7H16N2O4S/c1-3-6(2)14(12,13)9-8-5-4-7(10)11/h6,8-9H,3-5H2,1-2H3,(H,10,11)/t6-/m0/s1. The number of hydrazine groups is 1. The SMILES string of the molecule is CC[C@H](C)S(=O)(=O)NNCCC(=O)O. The summed E-state index contributed by atoms with van der Waals surface area (Å²) >= 11 is 0. The highest BCUT2D eigenvalue weighted by molar-refractivity contribution is 7.90. The average molecular weight is 224 g/mol. The van der Waals surface area contributed by atoms with Gasteiger partial charge in [-0.3, -0.25) is 4.79 Å². The van der Waals surface area contributed by atoms with Gasteiger partial charge in [-0.15, -0.1) is 0 Å². The predicted octanol–water partition coefficient (Wildman–Crippen LogP) is -0.316. The Bertz CT molecular complexity index is 275. The summed E-state index contributed by atoms with van der Waals surface area (Å²) in [5.74, 6) is -0.972. The van der Waals surface area contributed by atoms with Gasteiger partial charge >= 0.3 is 5.97 Å². The highest BCUT2D eigenvalue weighted by atomic mass is 32.2. The Kier molecular flexibility index (Phi) is 5.66. The number of carboxylic acid groups (broad SMARTS) is 1. The lowest BCUT2D eigenvalue weighted by Crippen LogP contribution is -2.42. The van der Waals surface area contributed by atoms with Crippen LogP contribution in [0, 0.1) is 0 Å². The molecule has 0 rings (SSSR count). The molecular formula is C7H16N2O4S. The molecule has 7 heteroatoms. The Balaban J connectivity index is 3.83. The monoisotopic (exact) mass is 224 g/mol. The number of rotatable bonds is 7. The van der Waals surface area contributed by atoms with E-state index in [1.807, 2.05) is 0 Å². The van der Waals surface area contributed by atoms with Gasteiger partial charge in [0.2, 0.25) is 10.0 Å². The Labute approximate surface area is 83.7 Å². The molecule has 0 fully saturated rings. The van der Waals surface area contributed by atoms with Crippen molar-refractivity contribution in [1.82, 2.24) is 10.3 Å². The van der Waals surface area contributed by atoms with Crippen molar-refractivity contribution in [3.8, 4) is 0 Å². The molecule has 3 N–H and O–H groups in total. The second kappa shape index (κ2) is 5.94. The van der Waals surface area contributed by atoms with Crippen LogP contribution in [0.25, 0.3) is 0 Å². The minimum absolute atomic E-state index is 0.0744. The van der Waals surface area contributed by atoms with Crippen LogP contribution in [0.4, 0.5) is 0 Å². The summed E-state index contributed by atoms with van der Waals surface area (Å²) in [5, 5.41) is 7.79. The maximum Gasteiger partial charge on any atom is 0.304 e. The van der Waals surface area contributed by atoms with E-state index in [-0.39, 0.29) is 13.0 Å². The number of carboxylic acids is 1. The van der Waals surface area contributed by atoms with Crippen molar-refractivity contribution in [3.05, 3.63) is 0 Å². The predicted molar refractivity (Wildman–Crippen MR) is 52.1 cm³/mol. The third-order valence-electron chi connectivity index (χ3n) is 1.78. The average Bonchev–Trinajstić information content (AvgIpc) is 2.10. The number of hydrogen-bond acceptors (Lipinski definition) is 4. The van der Waals surface area contributed by atoms with Gasteiger partial charge in [0.1, 0.15) is 0 Å². The van der Waals surface area contributed by atoms with E-state index in [2.05, 4.69) is 10.3 Å². The van der Waals surface area contributed by atoms with Gasteiger partial charge in [0, 0.05) is 6.54 Å². The lowest BCUT2D eigenvalue weighted by molar-refractivity contribution is -0.136. The smallest absolute Gasteiger partial charge is 0.304 e. The third-order valence-corrected chi connectivity index (χ3v) is 3.60. The maximum absolute atomic E-state index is 11.3. The molecule has 0 radical (unpaired) electrons. The first-order valence-electron chi connectivity index (χ1n) is 4.35. The number of nitrogens with one attached hydrogen (secondary N) is 2. The molecule has 0 saturated carbocycles. The minimum atomic E-state index is -3.36. The molecule has 0 aromatic carbocycles. The zero-order valence-electron chi connectivity index (χ0n) is 8.28. The summed E-state index contributed by atoms with van der Waals surface area (Å²) in [6, 6.07) is 0. The van der Waals surface area contributed by atoms with Crippen LogP contribution in [0.5, 0.6) is 0 Å². The zero-order valence-corrected chi connectivity index (χ0v) is 9.10. The summed E-state index contributed by atoms with van der Waals surface area (Å²) in [4.78, 5) is 12.2. The summed E-state index contributed by atoms with van der Waals surface area (Å²) in [6.07, 6.45) is 0.388. The molecule has 0 bridgehead atoms. The minimum Gasteiger partial charge on any atom is -0.481 e. The Morgan fingerprint density at radius 2 is 2.07 bits per heavy atom. The quantitative estimate of drug-likeness (QED) is 0.407. The van der Waals surface area contributed by atoms with Crippen molar-refractivity contribution in [2.45, 2.75) is 31.9 Å². The van der Waals surface area contributed by atoms with Crippen LogP contribution in [0.15, 0.2) is 0 Å². The fourth-order valence-electron chi connectivity index (χ4n) is 0.641. The lowest BCUT2D eigenvalue weighted by Gasteiger charge is -2.11. The normalized spacial score (nSPS) is 13.9. The van der Waals surface area contributed by atoms with Gasteiger partial charge in [0.05, 0.1) is 11.7 Å². The van der Waals surface area contributed by atoms with E-state index in [1.54, 1.807) is 13.8 Å². The molecule has 0 heterocycles. The van der Waals surface area contributed by atoms with E-state index in [9.17, 15) is 13.2 Å². The fourth-order valence-corrected chi connectivity index (χ4v) is 1.58. The van der Waals surface area contributed by atoms with Crippen molar-refractivity contribution < 1.29 is 18.3 Å². The second-order valence-electron chi connectivity index (χ2n) is 2.94. The Morgan fingerprint density at radius 3 is 2.50 bits per heavy atom. The topological polar surface area (TPSA) is 95.5 Å². The number of hydrogen-bond donors (Lipinski definition) is 3. The van der Waals surface area contributed by atoms with E-state index in [0.717, 1.165) is 0 Å². The number of aliphatic carboxylic acids is 1. The fraction of sp³-hybridized carbons (Fsp3) is 0.857. The molecule has 0 aliphatic carbocycles. The molecule has 0 aromatic rings. The van der Waals surface area contributed by atoms with E-state index in [4.69, 9.17) is 5.11 Å². The molecule has 0 aromatic heterocycles. The van der Waals surface area contributed by atoms with Crippen LogP contribution in [0.3, 0.4) is 0 Å². The van der Waals surface area contributed by atoms with E-state index >= 15 is 0 Å². The Hall–Kier alpha value is -0.660. The van der Waals surface area contributed by atoms with Gasteiger partial charge in [0.25, 0.3) is 0 Å².